The van der Waals surface area contributed by atoms with Gasteiger partial charge in [0.05, 0.1) is 6.17 Å². The van der Waals surface area contributed by atoms with Gasteiger partial charge in [0.15, 0.2) is 0 Å². The highest BCUT2D eigenvalue weighted by molar-refractivity contribution is 5.71. The summed E-state index contributed by atoms with van der Waals surface area (Å²) in [6.07, 6.45) is -18.3. The summed E-state index contributed by atoms with van der Waals surface area (Å²) in [7, 11) is 0. The van der Waals surface area contributed by atoms with E-state index in [4.69, 9.17) is 0 Å². The van der Waals surface area contributed by atoms with Crippen LogP contribution in [0.4, 0.5) is 126 Å². The van der Waals surface area contributed by atoms with Gasteiger partial charge in [-0.2, -0.15) is 114 Å². The number of aryl methyl sites for hydroxylation is 4. The van der Waals surface area contributed by atoms with Crippen LogP contribution in [-0.2, 0) is 0 Å². The monoisotopic (exact) mass is 982 g/mol. The molecule has 0 bridgehead atoms. The second kappa shape index (κ2) is 15.9. The fourth-order valence-electron chi connectivity index (χ4n) is 6.61. The number of rotatable bonds is 14. The van der Waals surface area contributed by atoms with Gasteiger partial charge in [-0.1, -0.05) is 12.2 Å². The van der Waals surface area contributed by atoms with E-state index in [2.05, 4.69) is 0 Å². The molecule has 364 valence electrons. The molecule has 1 aliphatic rings. The number of halogens is 26. The van der Waals surface area contributed by atoms with Crippen molar-refractivity contribution in [3.8, 4) is 0 Å². The molecule has 0 radical (unpaired) electrons. The Balaban J connectivity index is 1.92. The topological polar surface area (TPSA) is 6.48 Å². The number of anilines is 2. The molecule has 0 aromatic heterocycles. The van der Waals surface area contributed by atoms with E-state index in [-0.39, 0.29) is 58.9 Å². The largest absolute Gasteiger partial charge is 0.460 e. The number of hydrogen-bond acceptors (Lipinski definition) is 2. The van der Waals surface area contributed by atoms with Crippen molar-refractivity contribution in [3.63, 3.8) is 0 Å². The summed E-state index contributed by atoms with van der Waals surface area (Å²) in [5.41, 5.74) is -0.154. The fraction of sp³-hybridized carbons (Fsp3) is 0.556. The summed E-state index contributed by atoms with van der Waals surface area (Å²) >= 11 is 0. The van der Waals surface area contributed by atoms with Gasteiger partial charge in [-0.15, -0.1) is 0 Å². The molecule has 1 heterocycles. The summed E-state index contributed by atoms with van der Waals surface area (Å²) in [5, 5.41) is 0. The Hall–Kier alpha value is -4.30. The van der Waals surface area contributed by atoms with Crippen LogP contribution in [0.5, 0.6) is 0 Å². The lowest BCUT2D eigenvalue weighted by molar-refractivity contribution is -0.436. The molecule has 28 heteroatoms. The van der Waals surface area contributed by atoms with Crippen molar-refractivity contribution in [2.75, 3.05) is 22.9 Å². The first kappa shape index (κ1) is 54.0. The standard InChI is InChI=1S/C36H28F26N2/c1-16-12-21(6-8-25(37,38)27(41,42)29(45,46)31(49,50)33(53,54)35(57,58)59)13-17(2)23(16)63-10-11-64(20(63)5)24-18(3)14-22(15-19(24)4)7-9-26(39,40)28(43,44)30(47,48)32(51,52)34(55,56)36(60,61)62/h6-9,12-15,20H,10-11H2,1-5H3/b8-6+,9-7+. The molecule has 0 saturated carbocycles. The van der Waals surface area contributed by atoms with Crippen LogP contribution in [0.2, 0.25) is 0 Å². The van der Waals surface area contributed by atoms with E-state index in [1.807, 2.05) is 0 Å². The molecule has 0 N–H and O–H groups in total. The van der Waals surface area contributed by atoms with Gasteiger partial charge < -0.3 is 9.80 Å². The van der Waals surface area contributed by atoms with Crippen LogP contribution in [-0.4, -0.2) is 90.8 Å². The van der Waals surface area contributed by atoms with Gasteiger partial charge in [-0.25, -0.2) is 0 Å². The molecule has 1 saturated heterocycles. The number of benzene rings is 2. The minimum atomic E-state index is -8.09. The van der Waals surface area contributed by atoms with Gasteiger partial charge in [0, 0.05) is 24.5 Å². The lowest BCUT2D eigenvalue weighted by Gasteiger charge is -2.39. The van der Waals surface area contributed by atoms with Crippen LogP contribution >= 0.6 is 0 Å². The normalized spacial score (nSPS) is 16.9. The third-order valence-corrected chi connectivity index (χ3v) is 9.97. The maximum absolute atomic E-state index is 14.4. The van der Waals surface area contributed by atoms with Crippen LogP contribution in [0.15, 0.2) is 36.4 Å². The number of nitrogens with zero attached hydrogens (tertiary/aromatic N) is 2. The summed E-state index contributed by atoms with van der Waals surface area (Å²) < 4.78 is 351. The van der Waals surface area contributed by atoms with Crippen molar-refractivity contribution in [3.05, 3.63) is 69.8 Å². The Labute approximate surface area is 343 Å². The first-order valence-corrected chi connectivity index (χ1v) is 17.2. The van der Waals surface area contributed by atoms with Crippen molar-refractivity contribution in [2.45, 2.75) is 112 Å². The maximum Gasteiger partial charge on any atom is 0.460 e. The summed E-state index contributed by atoms with van der Waals surface area (Å²) in [6, 6.07) is 3.79. The third-order valence-electron chi connectivity index (χ3n) is 9.97. The predicted molar refractivity (Wildman–Crippen MR) is 176 cm³/mol. The molecule has 0 aliphatic carbocycles. The second-order valence-electron chi connectivity index (χ2n) is 14.5. The zero-order valence-electron chi connectivity index (χ0n) is 32.3. The molecule has 1 fully saturated rings. The Morgan fingerprint density at radius 2 is 0.594 bits per heavy atom. The van der Waals surface area contributed by atoms with Crippen LogP contribution < -0.4 is 9.80 Å². The van der Waals surface area contributed by atoms with Gasteiger partial charge in [0.1, 0.15) is 0 Å². The number of allylic oxidation sites excluding steroid dienone is 2. The number of hydrogen-bond donors (Lipinski definition) is 0. The van der Waals surface area contributed by atoms with Gasteiger partial charge in [-0.05, 0) is 104 Å². The highest BCUT2D eigenvalue weighted by Gasteiger charge is 2.91. The molecule has 0 spiro atoms. The van der Waals surface area contributed by atoms with Crippen molar-refractivity contribution >= 4 is 23.5 Å². The predicted octanol–water partition coefficient (Wildman–Crippen LogP) is 14.1. The molecule has 2 aromatic carbocycles. The first-order valence-electron chi connectivity index (χ1n) is 17.2. The third kappa shape index (κ3) is 8.17. The minimum Gasteiger partial charge on any atom is -0.349 e. The minimum absolute atomic E-state index is 0.0412. The molecular formula is C36H28F26N2. The Morgan fingerprint density at radius 3 is 0.812 bits per heavy atom. The van der Waals surface area contributed by atoms with E-state index in [1.165, 1.54) is 34.6 Å². The maximum atomic E-state index is 14.4. The Morgan fingerprint density at radius 1 is 0.375 bits per heavy atom. The number of alkyl halides is 26. The first-order chi connectivity index (χ1) is 28.2. The zero-order chi connectivity index (χ0) is 50.4. The van der Waals surface area contributed by atoms with Crippen LogP contribution in [0, 0.1) is 27.7 Å². The van der Waals surface area contributed by atoms with Gasteiger partial charge >= 0.3 is 71.6 Å². The van der Waals surface area contributed by atoms with E-state index in [0.717, 1.165) is 24.3 Å². The smallest absolute Gasteiger partial charge is 0.349 e. The van der Waals surface area contributed by atoms with Crippen molar-refractivity contribution < 1.29 is 114 Å². The van der Waals surface area contributed by atoms with Gasteiger partial charge in [-0.3, -0.25) is 0 Å². The molecule has 0 atom stereocenters. The van der Waals surface area contributed by atoms with Crippen molar-refractivity contribution in [1.82, 2.24) is 0 Å². The quantitative estimate of drug-likeness (QED) is 0.174. The van der Waals surface area contributed by atoms with Crippen molar-refractivity contribution in [1.29, 1.82) is 0 Å². The second-order valence-corrected chi connectivity index (χ2v) is 14.5. The lowest BCUT2D eigenvalue weighted by Crippen LogP contribution is -2.69. The molecule has 64 heavy (non-hydrogen) atoms. The zero-order valence-corrected chi connectivity index (χ0v) is 32.3. The Kier molecular flexibility index (Phi) is 13.5. The van der Waals surface area contributed by atoms with Gasteiger partial charge in [0.2, 0.25) is 0 Å². The summed E-state index contributed by atoms with van der Waals surface area (Å²) in [5.74, 6) is -76.1. The van der Waals surface area contributed by atoms with Crippen LogP contribution in [0.1, 0.15) is 40.3 Å². The molecule has 2 aromatic rings. The molecule has 3 rings (SSSR count). The van der Waals surface area contributed by atoms with Crippen LogP contribution in [0.25, 0.3) is 12.2 Å². The molecule has 2 nitrogen and oxygen atoms in total. The van der Waals surface area contributed by atoms with E-state index < -0.39 is 101 Å². The SMILES string of the molecule is Cc1cc(/C=C/C(F)(F)C(F)(F)C(F)(F)C(F)(F)C(F)(F)C(F)(F)F)cc(C)c1N1CCN(c2c(C)cc(/C=C/C(F)(F)C(F)(F)C(F)(F)C(F)(F)C(F)(F)C(F)(F)F)cc2C)C1C. The lowest BCUT2D eigenvalue weighted by atomic mass is 9.93. The van der Waals surface area contributed by atoms with E-state index in [1.54, 1.807) is 9.80 Å². The molecular weight excluding hydrogens is 954 g/mol. The van der Waals surface area contributed by atoms with Crippen molar-refractivity contribution in [2.24, 2.45) is 0 Å². The highest BCUT2D eigenvalue weighted by Crippen LogP contribution is 2.62. The molecule has 0 unspecified atom stereocenters. The van der Waals surface area contributed by atoms with E-state index in [0.29, 0.717) is 0 Å². The average molecular weight is 983 g/mol. The molecule has 0 amide bonds. The van der Waals surface area contributed by atoms with Crippen LogP contribution in [0.3, 0.4) is 0 Å². The Bertz CT molecular complexity index is 1920. The highest BCUT2D eigenvalue weighted by atomic mass is 19.4. The summed E-state index contributed by atoms with van der Waals surface area (Å²) in [4.78, 5) is 3.19. The fourth-order valence-corrected chi connectivity index (χ4v) is 6.61. The van der Waals surface area contributed by atoms with E-state index >= 15 is 0 Å². The van der Waals surface area contributed by atoms with Gasteiger partial charge in [0.25, 0.3) is 0 Å². The van der Waals surface area contributed by atoms with E-state index in [9.17, 15) is 114 Å². The average Bonchev–Trinajstić information content (AvgIpc) is 3.47. The molecule has 1 aliphatic heterocycles. The summed E-state index contributed by atoms with van der Waals surface area (Å²) in [6.45, 7) is 6.77.